The molecule has 1 saturated carbocycles. The molecule has 0 bridgehead atoms. The number of carbonyl (C=O) groups excluding carboxylic acids is 1. The van der Waals surface area contributed by atoms with Crippen LogP contribution in [-0.2, 0) is 10.0 Å². The van der Waals surface area contributed by atoms with Gasteiger partial charge in [0.2, 0.25) is 10.0 Å². The summed E-state index contributed by atoms with van der Waals surface area (Å²) in [6, 6.07) is 3.54. The van der Waals surface area contributed by atoms with E-state index in [2.05, 4.69) is 12.2 Å². The lowest BCUT2D eigenvalue weighted by molar-refractivity contribution is 0.0906. The molecule has 5 nitrogen and oxygen atoms in total. The number of nitrogens with one attached hydrogen (secondary N) is 1. The Morgan fingerprint density at radius 1 is 1.11 bits per heavy atom. The van der Waals surface area contributed by atoms with Gasteiger partial charge in [-0.2, -0.15) is 4.31 Å². The second kappa shape index (κ2) is 8.49. The Kier molecular flexibility index (Phi) is 6.44. The Morgan fingerprint density at radius 3 is 2.39 bits per heavy atom. The number of hydrogen-bond donors (Lipinski definition) is 1. The van der Waals surface area contributed by atoms with Gasteiger partial charge in [-0.25, -0.2) is 12.8 Å². The lowest BCUT2D eigenvalue weighted by Crippen LogP contribution is -2.43. The lowest BCUT2D eigenvalue weighted by atomic mass is 9.86. The van der Waals surface area contributed by atoms with Crippen LogP contribution in [0.15, 0.2) is 23.1 Å². The zero-order valence-corrected chi connectivity index (χ0v) is 17.8. The number of piperidine rings is 1. The number of amides is 1. The topological polar surface area (TPSA) is 66.5 Å². The Morgan fingerprint density at radius 2 is 1.75 bits per heavy atom. The Bertz CT molecular complexity index is 817. The van der Waals surface area contributed by atoms with Crippen LogP contribution in [-0.4, -0.2) is 37.8 Å². The summed E-state index contributed by atoms with van der Waals surface area (Å²) in [6.07, 6.45) is 5.08. The van der Waals surface area contributed by atoms with Crippen molar-refractivity contribution >= 4 is 15.9 Å². The molecule has 0 radical (unpaired) electrons. The first-order valence-corrected chi connectivity index (χ1v) is 11.7. The smallest absolute Gasteiger partial charge is 0.254 e. The first kappa shape index (κ1) is 21.2. The highest BCUT2D eigenvalue weighted by Gasteiger charge is 2.33. The highest BCUT2D eigenvalue weighted by atomic mass is 32.2. The Labute approximate surface area is 167 Å². The number of nitrogens with zero attached hydrogens (tertiary/aromatic N) is 1. The standard InChI is InChI=1S/C21H31FN2O3S/c1-14-10-15(2)13-24(12-14)28(26,27)17-8-9-19(22)18(11-17)21(25)23-20-7-5-4-6-16(20)3/h8-9,11,14-16,20H,4-7,10,12-13H2,1-3H3,(H,23,25)/t14-,15+,16-,20-/m0/s1. The largest absolute Gasteiger partial charge is 0.349 e. The van der Waals surface area contributed by atoms with E-state index >= 15 is 0 Å². The predicted octanol–water partition coefficient (Wildman–Crippen LogP) is 3.80. The second-order valence-electron chi connectivity index (χ2n) is 8.75. The number of hydrogen-bond acceptors (Lipinski definition) is 3. The fourth-order valence-corrected chi connectivity index (χ4v) is 6.27. The molecule has 1 saturated heterocycles. The molecule has 1 aromatic carbocycles. The fraction of sp³-hybridized carbons (Fsp3) is 0.667. The van der Waals surface area contributed by atoms with Gasteiger partial charge in [0.05, 0.1) is 10.5 Å². The molecule has 1 heterocycles. The highest BCUT2D eigenvalue weighted by molar-refractivity contribution is 7.89. The van der Waals surface area contributed by atoms with Crippen molar-refractivity contribution in [2.75, 3.05) is 13.1 Å². The molecule has 0 spiro atoms. The van der Waals surface area contributed by atoms with Gasteiger partial charge in [-0.15, -0.1) is 0 Å². The second-order valence-corrected chi connectivity index (χ2v) is 10.7. The third kappa shape index (κ3) is 4.57. The number of sulfonamides is 1. The van der Waals surface area contributed by atoms with Crippen LogP contribution >= 0.6 is 0 Å². The zero-order valence-electron chi connectivity index (χ0n) is 16.9. The molecule has 4 atom stereocenters. The van der Waals surface area contributed by atoms with Crippen molar-refractivity contribution in [3.63, 3.8) is 0 Å². The van der Waals surface area contributed by atoms with Gasteiger partial charge in [-0.05, 0) is 55.2 Å². The van der Waals surface area contributed by atoms with E-state index in [4.69, 9.17) is 0 Å². The molecule has 1 N–H and O–H groups in total. The average Bonchev–Trinajstić information content (AvgIpc) is 2.63. The van der Waals surface area contributed by atoms with Crippen molar-refractivity contribution in [1.29, 1.82) is 0 Å². The summed E-state index contributed by atoms with van der Waals surface area (Å²) in [5, 5.41) is 2.91. The van der Waals surface area contributed by atoms with Gasteiger partial charge < -0.3 is 5.32 Å². The molecule has 156 valence electrons. The van der Waals surface area contributed by atoms with Crippen LogP contribution in [0, 0.1) is 23.6 Å². The van der Waals surface area contributed by atoms with Crippen LogP contribution in [0.2, 0.25) is 0 Å². The maximum absolute atomic E-state index is 14.4. The van der Waals surface area contributed by atoms with E-state index in [0.717, 1.165) is 38.2 Å². The molecule has 0 aromatic heterocycles. The van der Waals surface area contributed by atoms with Crippen LogP contribution in [0.1, 0.15) is 63.2 Å². The number of carbonyl (C=O) groups is 1. The van der Waals surface area contributed by atoms with Crippen molar-refractivity contribution in [1.82, 2.24) is 9.62 Å². The lowest BCUT2D eigenvalue weighted by Gasteiger charge is -2.34. The summed E-state index contributed by atoms with van der Waals surface area (Å²) < 4.78 is 42.0. The molecule has 2 fully saturated rings. The summed E-state index contributed by atoms with van der Waals surface area (Å²) in [5.41, 5.74) is -0.197. The molecule has 0 unspecified atom stereocenters. The van der Waals surface area contributed by atoms with E-state index in [-0.39, 0.29) is 28.3 Å². The normalized spacial score (nSPS) is 29.4. The summed E-state index contributed by atoms with van der Waals surface area (Å²) in [7, 11) is -3.76. The van der Waals surface area contributed by atoms with E-state index in [9.17, 15) is 17.6 Å². The molecule has 2 aliphatic rings. The number of benzene rings is 1. The average molecular weight is 411 g/mol. The van der Waals surface area contributed by atoms with Gasteiger partial charge in [0.25, 0.3) is 5.91 Å². The SMILES string of the molecule is C[C@@H]1C[C@H](C)CN(S(=O)(=O)c2ccc(F)c(C(=O)N[C@H]3CCCC[C@@H]3C)c2)C1. The van der Waals surface area contributed by atoms with E-state index in [0.29, 0.717) is 19.0 Å². The first-order chi connectivity index (χ1) is 13.2. The minimum Gasteiger partial charge on any atom is -0.349 e. The number of halogens is 1. The summed E-state index contributed by atoms with van der Waals surface area (Å²) >= 11 is 0. The Hall–Kier alpha value is -1.47. The molecular weight excluding hydrogens is 379 g/mol. The minimum absolute atomic E-state index is 0.00436. The minimum atomic E-state index is -3.76. The van der Waals surface area contributed by atoms with Crippen LogP contribution in [0.5, 0.6) is 0 Å². The first-order valence-electron chi connectivity index (χ1n) is 10.3. The van der Waals surface area contributed by atoms with Crippen molar-refractivity contribution in [3.05, 3.63) is 29.6 Å². The van der Waals surface area contributed by atoms with Gasteiger partial charge in [0.15, 0.2) is 0 Å². The third-order valence-electron chi connectivity index (χ3n) is 6.08. The van der Waals surface area contributed by atoms with Gasteiger partial charge >= 0.3 is 0 Å². The molecule has 28 heavy (non-hydrogen) atoms. The fourth-order valence-electron chi connectivity index (χ4n) is 4.57. The van der Waals surface area contributed by atoms with Crippen LogP contribution in [0.3, 0.4) is 0 Å². The molecule has 3 rings (SSSR count). The summed E-state index contributed by atoms with van der Waals surface area (Å²) in [4.78, 5) is 12.7. The van der Waals surface area contributed by atoms with Gasteiger partial charge in [0, 0.05) is 19.1 Å². The van der Waals surface area contributed by atoms with Gasteiger partial charge in [-0.3, -0.25) is 4.79 Å². The van der Waals surface area contributed by atoms with E-state index in [1.54, 1.807) is 0 Å². The van der Waals surface area contributed by atoms with Crippen LogP contribution in [0.4, 0.5) is 4.39 Å². The number of rotatable bonds is 4. The molecule has 1 amide bonds. The highest BCUT2D eigenvalue weighted by Crippen LogP contribution is 2.28. The molecule has 1 aliphatic heterocycles. The van der Waals surface area contributed by atoms with Gasteiger partial charge in [0.1, 0.15) is 5.82 Å². The quantitative estimate of drug-likeness (QED) is 0.821. The van der Waals surface area contributed by atoms with Crippen molar-refractivity contribution in [2.24, 2.45) is 17.8 Å². The van der Waals surface area contributed by atoms with E-state index < -0.39 is 21.7 Å². The Balaban J connectivity index is 1.83. The van der Waals surface area contributed by atoms with Crippen LogP contribution < -0.4 is 5.32 Å². The van der Waals surface area contributed by atoms with Crippen molar-refractivity contribution < 1.29 is 17.6 Å². The van der Waals surface area contributed by atoms with Crippen molar-refractivity contribution in [2.45, 2.75) is 63.8 Å². The predicted molar refractivity (Wildman–Crippen MR) is 107 cm³/mol. The molecule has 1 aliphatic carbocycles. The third-order valence-corrected chi connectivity index (χ3v) is 7.91. The molecular formula is C21H31FN2O3S. The summed E-state index contributed by atoms with van der Waals surface area (Å²) in [5.74, 6) is -0.345. The maximum atomic E-state index is 14.4. The zero-order chi connectivity index (χ0) is 20.5. The van der Waals surface area contributed by atoms with Crippen molar-refractivity contribution in [3.8, 4) is 0 Å². The molecule has 1 aromatic rings. The van der Waals surface area contributed by atoms with E-state index in [1.165, 1.54) is 16.4 Å². The monoisotopic (exact) mass is 410 g/mol. The summed E-state index contributed by atoms with van der Waals surface area (Å²) in [6.45, 7) is 7.05. The van der Waals surface area contributed by atoms with Gasteiger partial charge in [-0.1, -0.05) is 33.6 Å². The molecule has 7 heteroatoms. The maximum Gasteiger partial charge on any atom is 0.254 e. The van der Waals surface area contributed by atoms with Crippen LogP contribution in [0.25, 0.3) is 0 Å². The van der Waals surface area contributed by atoms with E-state index in [1.807, 2.05) is 13.8 Å².